The minimum Gasteiger partial charge on any atom is -0.387 e. The van der Waals surface area contributed by atoms with Crippen LogP contribution in [0.4, 0.5) is 5.95 Å². The highest BCUT2D eigenvalue weighted by atomic mass is 31.2. The highest BCUT2D eigenvalue weighted by molar-refractivity contribution is 7.46. The van der Waals surface area contributed by atoms with Crippen LogP contribution in [-0.2, 0) is 18.8 Å². The molecule has 0 amide bonds. The number of phosphoric ester groups is 1. The average molecular weight is 393 g/mol. The van der Waals surface area contributed by atoms with Crippen molar-refractivity contribution in [2.45, 2.75) is 24.4 Å². The van der Waals surface area contributed by atoms with Gasteiger partial charge in [-0.25, -0.2) is 9.55 Å². The van der Waals surface area contributed by atoms with E-state index in [0.29, 0.717) is 0 Å². The number of rotatable bonds is 4. The van der Waals surface area contributed by atoms with Gasteiger partial charge in [-0.3, -0.25) is 24.0 Å². The van der Waals surface area contributed by atoms with Crippen molar-refractivity contribution in [1.29, 1.82) is 0 Å². The van der Waals surface area contributed by atoms with Gasteiger partial charge in [-0.2, -0.15) is 0 Å². The maximum absolute atomic E-state index is 11.9. The first-order valence-electron chi connectivity index (χ1n) is 7.16. The SMILES string of the molecule is Nc1nc2c([C@@H]3ONO[C@H](COP(=O)(O)O)[C@@H](O)[C@H]3O)c[nH]c2c(=O)[nH]1. The number of aliphatic hydroxyl groups excluding tert-OH is 2. The third-order valence-corrected chi connectivity index (χ3v) is 4.20. The summed E-state index contributed by atoms with van der Waals surface area (Å²) in [4.78, 5) is 48.3. The van der Waals surface area contributed by atoms with E-state index in [1.165, 1.54) is 6.20 Å². The van der Waals surface area contributed by atoms with E-state index in [1.807, 2.05) is 5.64 Å². The summed E-state index contributed by atoms with van der Waals surface area (Å²) in [6.45, 7) is -0.732. The molecule has 1 fully saturated rings. The van der Waals surface area contributed by atoms with Crippen molar-refractivity contribution in [3.05, 3.63) is 22.1 Å². The first-order valence-corrected chi connectivity index (χ1v) is 8.69. The Morgan fingerprint density at radius 2 is 2.04 bits per heavy atom. The van der Waals surface area contributed by atoms with Crippen LogP contribution in [0.3, 0.4) is 0 Å². The third kappa shape index (κ3) is 3.78. The molecular formula is C11H16N5O9P. The largest absolute Gasteiger partial charge is 0.469 e. The molecule has 2 aromatic rings. The monoisotopic (exact) mass is 393 g/mol. The second-order valence-electron chi connectivity index (χ2n) is 5.46. The van der Waals surface area contributed by atoms with E-state index >= 15 is 0 Å². The van der Waals surface area contributed by atoms with Crippen LogP contribution >= 0.6 is 7.82 Å². The fourth-order valence-corrected chi connectivity index (χ4v) is 2.84. The molecule has 26 heavy (non-hydrogen) atoms. The number of aromatic nitrogens is 3. The van der Waals surface area contributed by atoms with Crippen molar-refractivity contribution in [1.82, 2.24) is 20.6 Å². The fraction of sp³-hybridized carbons (Fsp3) is 0.455. The minimum absolute atomic E-state index is 0.0750. The van der Waals surface area contributed by atoms with E-state index in [-0.39, 0.29) is 22.5 Å². The molecule has 0 spiro atoms. The maximum atomic E-state index is 11.9. The number of aliphatic hydroxyl groups is 2. The van der Waals surface area contributed by atoms with Gasteiger partial charge >= 0.3 is 7.82 Å². The number of H-pyrrole nitrogens is 2. The number of fused-ring (bicyclic) bond motifs is 1. The summed E-state index contributed by atoms with van der Waals surface area (Å²) >= 11 is 0. The Balaban J connectivity index is 1.88. The second kappa shape index (κ2) is 7.03. The topological polar surface area (TPSA) is 225 Å². The molecule has 1 aliphatic rings. The first kappa shape index (κ1) is 18.9. The summed E-state index contributed by atoms with van der Waals surface area (Å²) in [5, 5.41) is 20.6. The Morgan fingerprint density at radius 1 is 1.31 bits per heavy atom. The van der Waals surface area contributed by atoms with Crippen LogP contribution in [0.15, 0.2) is 11.0 Å². The molecule has 0 saturated carbocycles. The highest BCUT2D eigenvalue weighted by Crippen LogP contribution is 2.37. The molecule has 15 heteroatoms. The van der Waals surface area contributed by atoms with Crippen molar-refractivity contribution < 1.29 is 38.8 Å². The molecule has 0 aliphatic carbocycles. The van der Waals surface area contributed by atoms with Crippen LogP contribution in [0.2, 0.25) is 0 Å². The maximum Gasteiger partial charge on any atom is 0.469 e. The normalized spacial score (nSPS) is 27.5. The van der Waals surface area contributed by atoms with Gasteiger partial charge in [0.25, 0.3) is 5.56 Å². The van der Waals surface area contributed by atoms with Crippen LogP contribution in [0.1, 0.15) is 11.7 Å². The molecule has 1 saturated heterocycles. The highest BCUT2D eigenvalue weighted by Gasteiger charge is 2.40. The van der Waals surface area contributed by atoms with Crippen molar-refractivity contribution >= 4 is 24.8 Å². The van der Waals surface area contributed by atoms with Crippen LogP contribution < -0.4 is 16.9 Å². The molecule has 2 aromatic heterocycles. The number of nitrogens with one attached hydrogen (secondary N) is 3. The standard InChI is InChI=1S/C11H16N5O9P/c12-11-14-5-3(1-13-6(5)10(19)15-11)9-8(18)7(17)4(24-16-25-9)2-23-26(20,21)22/h1,4,7-9,13,16-18H,2H2,(H2,20,21,22)(H3,12,14,15,19)/t4-,7-,8-,9+/m1/s1. The quantitative estimate of drug-likeness (QED) is 0.253. The van der Waals surface area contributed by atoms with E-state index in [0.717, 1.165) is 0 Å². The Labute approximate surface area is 144 Å². The van der Waals surface area contributed by atoms with Crippen molar-refractivity contribution in [3.8, 4) is 0 Å². The lowest BCUT2D eigenvalue weighted by molar-refractivity contribution is -0.217. The number of nitrogen functional groups attached to an aromatic ring is 1. The zero-order valence-electron chi connectivity index (χ0n) is 12.9. The van der Waals surface area contributed by atoms with Gasteiger partial charge in [-0.05, 0) is 0 Å². The zero-order valence-corrected chi connectivity index (χ0v) is 13.8. The predicted molar refractivity (Wildman–Crippen MR) is 83.0 cm³/mol. The van der Waals surface area contributed by atoms with Gasteiger partial charge in [0, 0.05) is 11.8 Å². The molecule has 0 aromatic carbocycles. The van der Waals surface area contributed by atoms with Gasteiger partial charge in [-0.15, -0.1) is 0 Å². The van der Waals surface area contributed by atoms with Crippen LogP contribution in [-0.4, -0.2) is 59.9 Å². The second-order valence-corrected chi connectivity index (χ2v) is 6.70. The molecule has 3 rings (SSSR count). The lowest BCUT2D eigenvalue weighted by Gasteiger charge is -2.24. The van der Waals surface area contributed by atoms with Crippen LogP contribution in [0.5, 0.6) is 0 Å². The number of hydrogen-bond acceptors (Lipinski definition) is 10. The number of anilines is 1. The van der Waals surface area contributed by atoms with Gasteiger partial charge in [0.15, 0.2) is 0 Å². The van der Waals surface area contributed by atoms with Crippen molar-refractivity contribution in [2.75, 3.05) is 12.3 Å². The Hall–Kier alpha value is -1.87. The van der Waals surface area contributed by atoms with Crippen LogP contribution in [0.25, 0.3) is 11.0 Å². The predicted octanol–water partition coefficient (Wildman–Crippen LogP) is -2.46. The molecule has 0 bridgehead atoms. The lowest BCUT2D eigenvalue weighted by atomic mass is 9.99. The Bertz CT molecular complexity index is 894. The minimum atomic E-state index is -4.81. The molecular weight excluding hydrogens is 377 g/mol. The van der Waals surface area contributed by atoms with E-state index in [1.54, 1.807) is 0 Å². The zero-order chi connectivity index (χ0) is 19.1. The van der Waals surface area contributed by atoms with Gasteiger partial charge in [0.1, 0.15) is 35.4 Å². The molecule has 1 aliphatic heterocycles. The Kier molecular flexibility index (Phi) is 5.12. The third-order valence-electron chi connectivity index (χ3n) is 3.71. The van der Waals surface area contributed by atoms with E-state index in [2.05, 4.69) is 19.5 Å². The molecule has 3 heterocycles. The van der Waals surface area contributed by atoms with E-state index in [9.17, 15) is 19.6 Å². The van der Waals surface area contributed by atoms with Crippen LogP contribution in [0, 0.1) is 0 Å². The molecule has 0 unspecified atom stereocenters. The van der Waals surface area contributed by atoms with E-state index in [4.69, 9.17) is 25.2 Å². The molecule has 4 atom stereocenters. The molecule has 9 N–H and O–H groups in total. The molecule has 0 radical (unpaired) electrons. The summed E-state index contributed by atoms with van der Waals surface area (Å²) in [6.07, 6.45) is -4.58. The summed E-state index contributed by atoms with van der Waals surface area (Å²) < 4.78 is 15.0. The summed E-state index contributed by atoms with van der Waals surface area (Å²) in [5.74, 6) is -0.163. The van der Waals surface area contributed by atoms with Gasteiger partial charge < -0.3 is 30.7 Å². The smallest absolute Gasteiger partial charge is 0.387 e. The number of nitrogens with zero attached hydrogens (tertiary/aromatic N) is 1. The summed E-state index contributed by atoms with van der Waals surface area (Å²) in [7, 11) is -4.81. The summed E-state index contributed by atoms with van der Waals surface area (Å²) in [5.41, 5.74) is 7.36. The number of nitrogens with two attached hydrogens (primary N) is 1. The number of phosphoric acid groups is 1. The average Bonchev–Trinajstić information content (AvgIpc) is 2.90. The van der Waals surface area contributed by atoms with Gasteiger partial charge in [0.2, 0.25) is 5.95 Å². The van der Waals surface area contributed by atoms with Gasteiger partial charge in [-0.1, -0.05) is 5.64 Å². The summed E-state index contributed by atoms with van der Waals surface area (Å²) in [6, 6.07) is 0. The number of hydrogen-bond donors (Lipinski definition) is 8. The fourth-order valence-electron chi connectivity index (χ4n) is 2.50. The molecule has 14 nitrogen and oxygen atoms in total. The van der Waals surface area contributed by atoms with Crippen molar-refractivity contribution in [2.24, 2.45) is 0 Å². The van der Waals surface area contributed by atoms with Gasteiger partial charge in [0.05, 0.1) is 6.61 Å². The Morgan fingerprint density at radius 3 is 2.73 bits per heavy atom. The first-order chi connectivity index (χ1) is 12.2. The molecule has 144 valence electrons. The van der Waals surface area contributed by atoms with E-state index < -0.39 is 44.4 Å². The number of aromatic amines is 2. The van der Waals surface area contributed by atoms with Crippen molar-refractivity contribution in [3.63, 3.8) is 0 Å². The lowest BCUT2D eigenvalue weighted by Crippen LogP contribution is -2.42.